The number of allylic oxidation sites excluding steroid dienone is 2. The van der Waals surface area contributed by atoms with Crippen LogP contribution in [0, 0.1) is 10.8 Å². The molecule has 21 heavy (non-hydrogen) atoms. The van der Waals surface area contributed by atoms with Gasteiger partial charge in [0.25, 0.3) is 0 Å². The topological polar surface area (TPSA) is 20.3 Å². The standard InChI is InChI=1S/C18H36NOP/c1-13(2)19(14(3)4)21(20)11-15(17(5,6)7)16(12-21)18(8,9)10/h13-14H,11-12H2,1-10H3. The van der Waals surface area contributed by atoms with Crippen molar-refractivity contribution in [3.8, 4) is 0 Å². The summed E-state index contributed by atoms with van der Waals surface area (Å²) in [5, 5.41) is 0. The van der Waals surface area contributed by atoms with E-state index in [1.807, 2.05) is 0 Å². The van der Waals surface area contributed by atoms with Gasteiger partial charge in [-0.05, 0) is 38.5 Å². The third-order valence-corrected chi connectivity index (χ3v) is 7.85. The van der Waals surface area contributed by atoms with E-state index in [9.17, 15) is 4.57 Å². The van der Waals surface area contributed by atoms with Crippen LogP contribution in [-0.4, -0.2) is 29.1 Å². The van der Waals surface area contributed by atoms with Crippen molar-refractivity contribution >= 4 is 7.29 Å². The first-order valence-electron chi connectivity index (χ1n) is 8.30. The molecule has 0 aromatic heterocycles. The van der Waals surface area contributed by atoms with Crippen LogP contribution in [0.2, 0.25) is 0 Å². The van der Waals surface area contributed by atoms with E-state index in [1.165, 1.54) is 11.1 Å². The van der Waals surface area contributed by atoms with Crippen molar-refractivity contribution in [3.05, 3.63) is 11.1 Å². The Morgan fingerprint density at radius 3 is 1.29 bits per heavy atom. The Labute approximate surface area is 132 Å². The van der Waals surface area contributed by atoms with Crippen molar-refractivity contribution in [2.75, 3.05) is 12.3 Å². The second-order valence-electron chi connectivity index (χ2n) is 9.19. The van der Waals surface area contributed by atoms with Gasteiger partial charge in [-0.3, -0.25) is 0 Å². The molecule has 0 aromatic rings. The molecule has 1 rings (SSSR count). The Morgan fingerprint density at radius 1 is 0.810 bits per heavy atom. The Balaban J connectivity index is 3.31. The van der Waals surface area contributed by atoms with Crippen LogP contribution in [0.3, 0.4) is 0 Å². The minimum absolute atomic E-state index is 0.106. The van der Waals surface area contributed by atoms with Crippen LogP contribution >= 0.6 is 7.29 Å². The highest BCUT2D eigenvalue weighted by atomic mass is 31.2. The smallest absolute Gasteiger partial charge is 0.158 e. The first-order chi connectivity index (χ1) is 9.20. The third kappa shape index (κ3) is 4.02. The van der Waals surface area contributed by atoms with Crippen LogP contribution < -0.4 is 0 Å². The number of rotatable bonds is 3. The molecular formula is C18H36NOP. The van der Waals surface area contributed by atoms with Crippen molar-refractivity contribution in [1.29, 1.82) is 0 Å². The van der Waals surface area contributed by atoms with Crippen LogP contribution in [0.15, 0.2) is 11.1 Å². The second kappa shape index (κ2) is 5.85. The van der Waals surface area contributed by atoms with E-state index in [-0.39, 0.29) is 10.8 Å². The van der Waals surface area contributed by atoms with Gasteiger partial charge in [0, 0.05) is 24.4 Å². The molecule has 0 unspecified atom stereocenters. The largest absolute Gasteiger partial charge is 0.306 e. The summed E-state index contributed by atoms with van der Waals surface area (Å²) in [7, 11) is -2.34. The quantitative estimate of drug-likeness (QED) is 0.486. The van der Waals surface area contributed by atoms with Gasteiger partial charge in [0.05, 0.1) is 0 Å². The lowest BCUT2D eigenvalue weighted by Crippen LogP contribution is -2.35. The first-order valence-corrected chi connectivity index (χ1v) is 10.3. The molecule has 124 valence electrons. The summed E-state index contributed by atoms with van der Waals surface area (Å²) >= 11 is 0. The highest BCUT2D eigenvalue weighted by Gasteiger charge is 2.46. The zero-order valence-electron chi connectivity index (χ0n) is 15.9. The lowest BCUT2D eigenvalue weighted by Gasteiger charge is -2.37. The van der Waals surface area contributed by atoms with Gasteiger partial charge in [-0.25, -0.2) is 4.67 Å². The fourth-order valence-electron chi connectivity index (χ4n) is 3.72. The van der Waals surface area contributed by atoms with E-state index in [0.29, 0.717) is 12.1 Å². The van der Waals surface area contributed by atoms with Crippen molar-refractivity contribution < 1.29 is 4.57 Å². The fraction of sp³-hybridized carbons (Fsp3) is 0.889. The molecule has 1 heterocycles. The van der Waals surface area contributed by atoms with E-state index in [0.717, 1.165) is 12.3 Å². The van der Waals surface area contributed by atoms with Crippen molar-refractivity contribution in [2.24, 2.45) is 10.8 Å². The number of nitrogens with zero attached hydrogens (tertiary/aromatic N) is 1. The highest BCUT2D eigenvalue weighted by molar-refractivity contribution is 7.62. The maximum absolute atomic E-state index is 13.8. The van der Waals surface area contributed by atoms with Gasteiger partial charge in [-0.1, -0.05) is 52.7 Å². The van der Waals surface area contributed by atoms with Crippen molar-refractivity contribution in [1.82, 2.24) is 4.67 Å². The summed E-state index contributed by atoms with van der Waals surface area (Å²) in [6.45, 7) is 22.3. The molecule has 0 fully saturated rings. The average Bonchev–Trinajstić information content (AvgIpc) is 2.54. The summed E-state index contributed by atoms with van der Waals surface area (Å²) in [6, 6.07) is 0.660. The van der Waals surface area contributed by atoms with Gasteiger partial charge in [0.2, 0.25) is 0 Å². The minimum Gasteiger partial charge on any atom is -0.306 e. The predicted molar refractivity (Wildman–Crippen MR) is 95.4 cm³/mol. The summed E-state index contributed by atoms with van der Waals surface area (Å²) in [5.74, 6) is 0. The van der Waals surface area contributed by atoms with E-state index in [1.54, 1.807) is 0 Å². The normalized spacial score (nSPS) is 20.2. The molecule has 1 aliphatic heterocycles. The van der Waals surface area contributed by atoms with Crippen LogP contribution in [0.4, 0.5) is 0 Å². The zero-order chi connectivity index (χ0) is 16.8. The predicted octanol–water partition coefficient (Wildman–Crippen LogP) is 5.79. The summed E-state index contributed by atoms with van der Waals surface area (Å²) in [6.07, 6.45) is 1.55. The van der Waals surface area contributed by atoms with Gasteiger partial charge in [-0.2, -0.15) is 0 Å². The third-order valence-electron chi connectivity index (χ3n) is 4.46. The molecule has 0 aliphatic carbocycles. The molecular weight excluding hydrogens is 277 g/mol. The molecule has 0 spiro atoms. The molecule has 0 aromatic carbocycles. The van der Waals surface area contributed by atoms with Gasteiger partial charge in [0.1, 0.15) is 0 Å². The fourth-order valence-corrected chi connectivity index (χ4v) is 8.16. The minimum atomic E-state index is -2.34. The van der Waals surface area contributed by atoms with Crippen LogP contribution in [-0.2, 0) is 4.57 Å². The lowest BCUT2D eigenvalue weighted by atomic mass is 9.76. The van der Waals surface area contributed by atoms with Gasteiger partial charge in [0.15, 0.2) is 7.29 Å². The number of hydrogen-bond donors (Lipinski definition) is 0. The van der Waals surface area contributed by atoms with E-state index in [4.69, 9.17) is 0 Å². The van der Waals surface area contributed by atoms with Crippen molar-refractivity contribution in [2.45, 2.75) is 81.3 Å². The molecule has 0 N–H and O–H groups in total. The van der Waals surface area contributed by atoms with Gasteiger partial charge < -0.3 is 4.57 Å². The SMILES string of the molecule is CC(C)N(C(C)C)P1(=O)CC(C(C)(C)C)=C(C(C)(C)C)C1. The van der Waals surface area contributed by atoms with Crippen LogP contribution in [0.25, 0.3) is 0 Å². The van der Waals surface area contributed by atoms with Crippen molar-refractivity contribution in [3.63, 3.8) is 0 Å². The Kier molecular flexibility index (Phi) is 5.29. The van der Waals surface area contributed by atoms with E-state index >= 15 is 0 Å². The maximum Gasteiger partial charge on any atom is 0.158 e. The molecule has 0 atom stereocenters. The molecule has 1 aliphatic rings. The first kappa shape index (κ1) is 19.0. The highest BCUT2D eigenvalue weighted by Crippen LogP contribution is 2.63. The lowest BCUT2D eigenvalue weighted by molar-refractivity contribution is 0.300. The maximum atomic E-state index is 13.8. The van der Waals surface area contributed by atoms with E-state index < -0.39 is 7.29 Å². The van der Waals surface area contributed by atoms with E-state index in [2.05, 4.69) is 73.9 Å². The van der Waals surface area contributed by atoms with Gasteiger partial charge in [-0.15, -0.1) is 0 Å². The average molecular weight is 313 g/mol. The summed E-state index contributed by atoms with van der Waals surface area (Å²) in [5.41, 5.74) is 3.08. The monoisotopic (exact) mass is 313 g/mol. The molecule has 0 saturated heterocycles. The van der Waals surface area contributed by atoms with Crippen LogP contribution in [0.5, 0.6) is 0 Å². The number of hydrogen-bond acceptors (Lipinski definition) is 1. The van der Waals surface area contributed by atoms with Gasteiger partial charge >= 0.3 is 0 Å². The Morgan fingerprint density at radius 2 is 1.10 bits per heavy atom. The summed E-state index contributed by atoms with van der Waals surface area (Å²) < 4.78 is 16.1. The second-order valence-corrected chi connectivity index (χ2v) is 12.0. The Hall–Kier alpha value is -0.0700. The summed E-state index contributed by atoms with van der Waals surface area (Å²) in [4.78, 5) is 0. The molecule has 0 radical (unpaired) electrons. The Bertz CT molecular complexity index is 423. The zero-order valence-corrected chi connectivity index (χ0v) is 16.8. The van der Waals surface area contributed by atoms with Crippen LogP contribution in [0.1, 0.15) is 69.2 Å². The molecule has 2 nitrogen and oxygen atoms in total. The molecule has 3 heteroatoms. The molecule has 0 bridgehead atoms. The molecule has 0 saturated carbocycles. The molecule has 0 amide bonds.